The lowest BCUT2D eigenvalue weighted by Crippen LogP contribution is -2.30. The lowest BCUT2D eigenvalue weighted by molar-refractivity contribution is 0.0740. The molecule has 6 heteroatoms. The number of aromatic nitrogens is 2. The van der Waals surface area contributed by atoms with Crippen LogP contribution in [0.2, 0.25) is 5.02 Å². The second kappa shape index (κ2) is 5.96. The predicted octanol–water partition coefficient (Wildman–Crippen LogP) is 3.10. The first-order valence-corrected chi connectivity index (χ1v) is 6.36. The number of halogens is 2. The Hall–Kier alpha value is -2.01. The summed E-state index contributed by atoms with van der Waals surface area (Å²) in [6.45, 7) is 1.84. The summed E-state index contributed by atoms with van der Waals surface area (Å²) in [6.07, 6.45) is 3.04. The maximum atomic E-state index is 13.0. The molecule has 1 heterocycles. The second-order valence-electron chi connectivity index (χ2n) is 4.35. The molecule has 0 unspecified atom stereocenters. The lowest BCUT2D eigenvalue weighted by atomic mass is 10.1. The molecule has 4 nitrogen and oxygen atoms in total. The topological polar surface area (TPSA) is 46.1 Å². The maximum Gasteiger partial charge on any atom is 0.255 e. The van der Waals surface area contributed by atoms with Crippen molar-refractivity contribution >= 4 is 17.5 Å². The van der Waals surface area contributed by atoms with Crippen molar-refractivity contribution in [2.45, 2.75) is 13.0 Å². The zero-order valence-electron chi connectivity index (χ0n) is 11.0. The van der Waals surface area contributed by atoms with Crippen LogP contribution in [0.4, 0.5) is 4.39 Å². The van der Waals surface area contributed by atoms with Gasteiger partial charge in [0.1, 0.15) is 12.1 Å². The van der Waals surface area contributed by atoms with E-state index < -0.39 is 5.82 Å². The van der Waals surface area contributed by atoms with Crippen LogP contribution in [0, 0.1) is 5.82 Å². The Morgan fingerprint density at radius 2 is 2.15 bits per heavy atom. The minimum atomic E-state index is -0.474. The first kappa shape index (κ1) is 14.4. The monoisotopic (exact) mass is 293 g/mol. The van der Waals surface area contributed by atoms with Crippen molar-refractivity contribution in [1.29, 1.82) is 0 Å². The average Bonchev–Trinajstić information content (AvgIpc) is 2.46. The highest BCUT2D eigenvalue weighted by Crippen LogP contribution is 2.23. The van der Waals surface area contributed by atoms with Gasteiger partial charge in [0.2, 0.25) is 0 Å². The van der Waals surface area contributed by atoms with E-state index in [0.717, 1.165) is 6.07 Å². The van der Waals surface area contributed by atoms with Gasteiger partial charge in [-0.15, -0.1) is 0 Å². The predicted molar refractivity (Wildman–Crippen MR) is 74.0 cm³/mol. The van der Waals surface area contributed by atoms with Gasteiger partial charge < -0.3 is 4.90 Å². The number of carbonyl (C=O) groups is 1. The molecule has 2 rings (SSSR count). The molecule has 104 valence electrons. The summed E-state index contributed by atoms with van der Waals surface area (Å²) >= 11 is 5.91. The van der Waals surface area contributed by atoms with Gasteiger partial charge in [-0.3, -0.25) is 4.79 Å². The van der Waals surface area contributed by atoms with Crippen LogP contribution in [0.5, 0.6) is 0 Å². The van der Waals surface area contributed by atoms with E-state index in [0.29, 0.717) is 5.69 Å². The molecule has 0 aliphatic rings. The van der Waals surface area contributed by atoms with E-state index in [9.17, 15) is 9.18 Å². The summed E-state index contributed by atoms with van der Waals surface area (Å²) in [6, 6.07) is 5.20. The van der Waals surface area contributed by atoms with Gasteiger partial charge in [-0.25, -0.2) is 14.4 Å². The molecule has 0 aliphatic heterocycles. The number of nitrogens with zero attached hydrogens (tertiary/aromatic N) is 3. The molecule has 2 aromatic rings. The van der Waals surface area contributed by atoms with Crippen molar-refractivity contribution in [3.05, 3.63) is 58.9 Å². The molecular weight excluding hydrogens is 281 g/mol. The van der Waals surface area contributed by atoms with E-state index in [4.69, 9.17) is 11.6 Å². The molecule has 1 amide bonds. The molecule has 0 saturated heterocycles. The van der Waals surface area contributed by atoms with Crippen LogP contribution in [-0.4, -0.2) is 27.8 Å². The lowest BCUT2D eigenvalue weighted by Gasteiger charge is -2.24. The Labute approximate surface area is 121 Å². The fourth-order valence-electron chi connectivity index (χ4n) is 1.78. The summed E-state index contributed by atoms with van der Waals surface area (Å²) in [4.78, 5) is 21.8. The number of amides is 1. The van der Waals surface area contributed by atoms with Crippen molar-refractivity contribution in [3.8, 4) is 0 Å². The number of hydrogen-bond donors (Lipinski definition) is 0. The Morgan fingerprint density at radius 3 is 2.75 bits per heavy atom. The second-order valence-corrected chi connectivity index (χ2v) is 4.76. The third-order valence-corrected chi connectivity index (χ3v) is 3.41. The molecular formula is C14H13ClFN3O. The van der Waals surface area contributed by atoms with Crippen LogP contribution >= 0.6 is 11.6 Å². The van der Waals surface area contributed by atoms with Gasteiger partial charge in [-0.2, -0.15) is 0 Å². The molecule has 0 bridgehead atoms. The Kier molecular flexibility index (Phi) is 4.29. The van der Waals surface area contributed by atoms with E-state index >= 15 is 0 Å². The number of hydrogen-bond acceptors (Lipinski definition) is 3. The molecule has 1 aromatic heterocycles. The van der Waals surface area contributed by atoms with E-state index in [2.05, 4.69) is 9.97 Å². The molecule has 0 spiro atoms. The van der Waals surface area contributed by atoms with Gasteiger partial charge >= 0.3 is 0 Å². The Balaban J connectivity index is 2.24. The standard InChI is InChI=1S/C14H13ClFN3O/c1-9(13-5-6-17-8-18-13)19(2)14(20)11-4-3-10(16)7-12(11)15/h3-9H,1-2H3/t9-/m0/s1. The summed E-state index contributed by atoms with van der Waals surface area (Å²) < 4.78 is 13.0. The Morgan fingerprint density at radius 1 is 1.40 bits per heavy atom. The van der Waals surface area contributed by atoms with Crippen molar-refractivity contribution in [1.82, 2.24) is 14.9 Å². The number of benzene rings is 1. The summed E-state index contributed by atoms with van der Waals surface area (Å²) in [5, 5.41) is 0.0942. The molecule has 0 radical (unpaired) electrons. The highest BCUT2D eigenvalue weighted by molar-refractivity contribution is 6.33. The van der Waals surface area contributed by atoms with E-state index in [1.165, 1.54) is 23.4 Å². The minimum absolute atomic E-state index is 0.0942. The van der Waals surface area contributed by atoms with E-state index in [-0.39, 0.29) is 22.5 Å². The first-order chi connectivity index (χ1) is 9.50. The highest BCUT2D eigenvalue weighted by Gasteiger charge is 2.21. The fraction of sp³-hybridized carbons (Fsp3) is 0.214. The van der Waals surface area contributed by atoms with Crippen molar-refractivity contribution < 1.29 is 9.18 Å². The van der Waals surface area contributed by atoms with Crippen molar-refractivity contribution in [2.75, 3.05) is 7.05 Å². The third-order valence-electron chi connectivity index (χ3n) is 3.10. The summed E-state index contributed by atoms with van der Waals surface area (Å²) in [5.41, 5.74) is 0.977. The van der Waals surface area contributed by atoms with Gasteiger partial charge in [0.15, 0.2) is 0 Å². The SMILES string of the molecule is C[C@@H](c1ccncn1)N(C)C(=O)c1ccc(F)cc1Cl. The molecule has 20 heavy (non-hydrogen) atoms. The van der Waals surface area contributed by atoms with Crippen LogP contribution in [-0.2, 0) is 0 Å². The first-order valence-electron chi connectivity index (χ1n) is 5.99. The van der Waals surface area contributed by atoms with Crippen molar-refractivity contribution in [3.63, 3.8) is 0 Å². The summed E-state index contributed by atoms with van der Waals surface area (Å²) in [5.74, 6) is -0.765. The van der Waals surface area contributed by atoms with Gasteiger partial charge in [0.05, 0.1) is 22.3 Å². The number of rotatable bonds is 3. The quantitative estimate of drug-likeness (QED) is 0.873. The molecule has 0 fully saturated rings. The molecule has 1 aromatic carbocycles. The smallest absolute Gasteiger partial charge is 0.255 e. The average molecular weight is 294 g/mol. The number of carbonyl (C=O) groups excluding carboxylic acids is 1. The van der Waals surface area contributed by atoms with Crippen LogP contribution < -0.4 is 0 Å². The molecule has 0 aliphatic carbocycles. The van der Waals surface area contributed by atoms with Crippen LogP contribution in [0.1, 0.15) is 29.0 Å². The minimum Gasteiger partial charge on any atom is -0.333 e. The highest BCUT2D eigenvalue weighted by atomic mass is 35.5. The normalized spacial score (nSPS) is 12.0. The van der Waals surface area contributed by atoms with Gasteiger partial charge in [0, 0.05) is 13.2 Å². The van der Waals surface area contributed by atoms with E-state index in [1.54, 1.807) is 19.3 Å². The van der Waals surface area contributed by atoms with Gasteiger partial charge in [0.25, 0.3) is 5.91 Å². The molecule has 0 N–H and O–H groups in total. The zero-order valence-corrected chi connectivity index (χ0v) is 11.8. The fourth-order valence-corrected chi connectivity index (χ4v) is 2.02. The molecule has 0 saturated carbocycles. The van der Waals surface area contributed by atoms with Crippen LogP contribution in [0.25, 0.3) is 0 Å². The third kappa shape index (κ3) is 2.93. The van der Waals surface area contributed by atoms with Crippen LogP contribution in [0.3, 0.4) is 0 Å². The Bertz CT molecular complexity index is 621. The zero-order chi connectivity index (χ0) is 14.7. The van der Waals surface area contributed by atoms with Crippen molar-refractivity contribution in [2.24, 2.45) is 0 Å². The maximum absolute atomic E-state index is 13.0. The van der Waals surface area contributed by atoms with Gasteiger partial charge in [-0.05, 0) is 31.2 Å². The van der Waals surface area contributed by atoms with Crippen LogP contribution in [0.15, 0.2) is 36.8 Å². The van der Waals surface area contributed by atoms with Gasteiger partial charge in [-0.1, -0.05) is 11.6 Å². The van der Waals surface area contributed by atoms with E-state index in [1.807, 2.05) is 6.92 Å². The largest absolute Gasteiger partial charge is 0.333 e. The molecule has 1 atom stereocenters. The summed E-state index contributed by atoms with van der Waals surface area (Å²) in [7, 11) is 1.65.